The Balaban J connectivity index is 1.90. The normalized spacial score (nSPS) is 28.5. The second-order valence-electron chi connectivity index (χ2n) is 5.49. The SMILES string of the molecule is NCc1csc(S(=O)(=O)N2CCCC3CCCC32)c1. The van der Waals surface area contributed by atoms with E-state index in [0.717, 1.165) is 18.4 Å². The molecular weight excluding hydrogens is 280 g/mol. The monoisotopic (exact) mass is 300 g/mol. The van der Waals surface area contributed by atoms with Gasteiger partial charge in [0.2, 0.25) is 0 Å². The van der Waals surface area contributed by atoms with Crippen LogP contribution < -0.4 is 5.73 Å². The van der Waals surface area contributed by atoms with Gasteiger partial charge in [0.25, 0.3) is 10.0 Å². The molecule has 2 atom stereocenters. The van der Waals surface area contributed by atoms with Gasteiger partial charge in [-0.05, 0) is 48.6 Å². The summed E-state index contributed by atoms with van der Waals surface area (Å²) in [5.41, 5.74) is 6.47. The van der Waals surface area contributed by atoms with Gasteiger partial charge in [-0.1, -0.05) is 6.42 Å². The van der Waals surface area contributed by atoms with E-state index in [9.17, 15) is 8.42 Å². The number of nitrogens with two attached hydrogens (primary N) is 1. The second-order valence-corrected chi connectivity index (χ2v) is 8.52. The molecule has 0 aromatic carbocycles. The molecule has 6 heteroatoms. The third-order valence-corrected chi connectivity index (χ3v) is 7.76. The smallest absolute Gasteiger partial charge is 0.252 e. The summed E-state index contributed by atoms with van der Waals surface area (Å²) in [7, 11) is -3.31. The zero-order chi connectivity index (χ0) is 13.5. The van der Waals surface area contributed by atoms with Crippen LogP contribution in [-0.2, 0) is 16.6 Å². The molecule has 106 valence electrons. The average Bonchev–Trinajstić information content (AvgIpc) is 3.06. The second kappa shape index (κ2) is 5.16. The maximum absolute atomic E-state index is 12.8. The number of piperidine rings is 1. The van der Waals surface area contributed by atoms with E-state index in [0.29, 0.717) is 23.2 Å². The Morgan fingerprint density at radius 2 is 2.11 bits per heavy atom. The van der Waals surface area contributed by atoms with Gasteiger partial charge in [-0.25, -0.2) is 8.42 Å². The van der Waals surface area contributed by atoms with Crippen LogP contribution in [0.5, 0.6) is 0 Å². The lowest BCUT2D eigenvalue weighted by Gasteiger charge is -2.36. The van der Waals surface area contributed by atoms with Crippen LogP contribution in [0.1, 0.15) is 37.7 Å². The summed E-state index contributed by atoms with van der Waals surface area (Å²) in [6.07, 6.45) is 5.57. The van der Waals surface area contributed by atoms with E-state index in [4.69, 9.17) is 5.73 Å². The van der Waals surface area contributed by atoms with Gasteiger partial charge in [0.15, 0.2) is 0 Å². The Morgan fingerprint density at radius 3 is 2.84 bits per heavy atom. The van der Waals surface area contributed by atoms with Gasteiger partial charge in [-0.15, -0.1) is 11.3 Å². The van der Waals surface area contributed by atoms with Gasteiger partial charge in [-0.3, -0.25) is 0 Å². The van der Waals surface area contributed by atoms with Crippen molar-refractivity contribution in [2.24, 2.45) is 11.7 Å². The number of fused-ring (bicyclic) bond motifs is 1. The molecule has 1 saturated heterocycles. The highest BCUT2D eigenvalue weighted by Gasteiger charge is 2.41. The fraction of sp³-hybridized carbons (Fsp3) is 0.692. The number of sulfonamides is 1. The van der Waals surface area contributed by atoms with Crippen molar-refractivity contribution in [3.63, 3.8) is 0 Å². The molecule has 0 spiro atoms. The maximum atomic E-state index is 12.8. The molecule has 2 unspecified atom stereocenters. The Hall–Kier alpha value is -0.430. The maximum Gasteiger partial charge on any atom is 0.252 e. The van der Waals surface area contributed by atoms with Gasteiger partial charge in [-0.2, -0.15) is 4.31 Å². The molecule has 0 amide bonds. The Kier molecular flexibility index (Phi) is 3.68. The molecule has 1 aromatic heterocycles. The van der Waals surface area contributed by atoms with E-state index in [1.54, 1.807) is 10.4 Å². The summed E-state index contributed by atoms with van der Waals surface area (Å²) in [5, 5.41) is 1.85. The van der Waals surface area contributed by atoms with Crippen molar-refractivity contribution >= 4 is 21.4 Å². The van der Waals surface area contributed by atoms with E-state index in [1.165, 1.54) is 30.6 Å². The van der Waals surface area contributed by atoms with Crippen molar-refractivity contribution in [1.29, 1.82) is 0 Å². The Morgan fingerprint density at radius 1 is 1.32 bits per heavy atom. The molecule has 0 bridgehead atoms. The third kappa shape index (κ3) is 2.35. The van der Waals surface area contributed by atoms with Gasteiger partial charge in [0.05, 0.1) is 0 Å². The van der Waals surface area contributed by atoms with E-state index >= 15 is 0 Å². The minimum absolute atomic E-state index is 0.238. The first-order valence-electron chi connectivity index (χ1n) is 6.92. The van der Waals surface area contributed by atoms with Crippen molar-refractivity contribution in [3.8, 4) is 0 Å². The molecule has 2 fully saturated rings. The fourth-order valence-electron chi connectivity index (χ4n) is 3.42. The third-order valence-electron chi connectivity index (χ3n) is 4.37. The van der Waals surface area contributed by atoms with Crippen LogP contribution >= 0.6 is 11.3 Å². The molecule has 1 aromatic rings. The fourth-order valence-corrected chi connectivity index (χ4v) is 6.52. The zero-order valence-electron chi connectivity index (χ0n) is 10.9. The summed E-state index contributed by atoms with van der Waals surface area (Å²) in [6, 6.07) is 1.97. The van der Waals surface area contributed by atoms with Gasteiger partial charge >= 0.3 is 0 Å². The Labute approximate surface area is 118 Å². The highest BCUT2D eigenvalue weighted by Crippen LogP contribution is 2.40. The molecule has 2 aliphatic rings. The van der Waals surface area contributed by atoms with Crippen LogP contribution in [0, 0.1) is 5.92 Å². The molecule has 1 saturated carbocycles. The van der Waals surface area contributed by atoms with E-state index < -0.39 is 10.0 Å². The lowest BCUT2D eigenvalue weighted by atomic mass is 9.94. The molecule has 4 nitrogen and oxygen atoms in total. The number of hydrogen-bond acceptors (Lipinski definition) is 4. The van der Waals surface area contributed by atoms with Crippen LogP contribution in [0.3, 0.4) is 0 Å². The topological polar surface area (TPSA) is 63.4 Å². The minimum atomic E-state index is -3.31. The van der Waals surface area contributed by atoms with Gasteiger partial charge in [0, 0.05) is 19.1 Å². The van der Waals surface area contributed by atoms with Crippen LogP contribution in [0.2, 0.25) is 0 Å². The molecule has 19 heavy (non-hydrogen) atoms. The molecular formula is C13H20N2O2S2. The average molecular weight is 300 g/mol. The van der Waals surface area contributed by atoms with Crippen LogP contribution in [-0.4, -0.2) is 25.3 Å². The first-order valence-corrected chi connectivity index (χ1v) is 9.24. The number of nitrogens with zero attached hydrogens (tertiary/aromatic N) is 1. The van der Waals surface area contributed by atoms with Crippen LogP contribution in [0.15, 0.2) is 15.7 Å². The largest absolute Gasteiger partial charge is 0.326 e. The molecule has 3 rings (SSSR count). The van der Waals surface area contributed by atoms with Crippen molar-refractivity contribution in [3.05, 3.63) is 17.0 Å². The lowest BCUT2D eigenvalue weighted by Crippen LogP contribution is -2.45. The van der Waals surface area contributed by atoms with Gasteiger partial charge < -0.3 is 5.73 Å². The van der Waals surface area contributed by atoms with Gasteiger partial charge in [0.1, 0.15) is 4.21 Å². The first-order chi connectivity index (χ1) is 9.13. The van der Waals surface area contributed by atoms with Crippen molar-refractivity contribution < 1.29 is 8.42 Å². The van der Waals surface area contributed by atoms with Crippen molar-refractivity contribution in [2.75, 3.05) is 6.54 Å². The summed E-state index contributed by atoms with van der Waals surface area (Å²) in [4.78, 5) is 0. The van der Waals surface area contributed by atoms with E-state index in [-0.39, 0.29) is 6.04 Å². The summed E-state index contributed by atoms with van der Waals surface area (Å²) < 4.78 is 27.7. The summed E-state index contributed by atoms with van der Waals surface area (Å²) in [5.74, 6) is 0.581. The summed E-state index contributed by atoms with van der Waals surface area (Å²) >= 11 is 1.30. The summed E-state index contributed by atoms with van der Waals surface area (Å²) in [6.45, 7) is 1.08. The highest BCUT2D eigenvalue weighted by molar-refractivity contribution is 7.91. The molecule has 1 aliphatic carbocycles. The quantitative estimate of drug-likeness (QED) is 0.930. The van der Waals surface area contributed by atoms with E-state index in [1.807, 2.05) is 5.38 Å². The van der Waals surface area contributed by atoms with E-state index in [2.05, 4.69) is 0 Å². The molecule has 2 N–H and O–H groups in total. The van der Waals surface area contributed by atoms with Crippen molar-refractivity contribution in [2.45, 2.75) is 48.9 Å². The first kappa shape index (κ1) is 13.5. The standard InChI is InChI=1S/C13H20N2O2S2/c14-8-10-7-13(18-9-10)19(16,17)15-6-2-4-11-3-1-5-12(11)15/h7,9,11-12H,1-6,8,14H2. The molecule has 0 radical (unpaired) electrons. The predicted octanol–water partition coefficient (Wildman–Crippen LogP) is 2.16. The predicted molar refractivity (Wildman–Crippen MR) is 76.5 cm³/mol. The number of rotatable bonds is 3. The number of hydrogen-bond donors (Lipinski definition) is 1. The lowest BCUT2D eigenvalue weighted by molar-refractivity contribution is 0.202. The minimum Gasteiger partial charge on any atom is -0.326 e. The molecule has 1 aliphatic heterocycles. The van der Waals surface area contributed by atoms with Crippen LogP contribution in [0.25, 0.3) is 0 Å². The molecule has 2 heterocycles. The van der Waals surface area contributed by atoms with Crippen LogP contribution in [0.4, 0.5) is 0 Å². The zero-order valence-corrected chi connectivity index (χ0v) is 12.5. The number of thiophene rings is 1. The highest BCUT2D eigenvalue weighted by atomic mass is 32.2. The Bertz CT molecular complexity index is 553. The van der Waals surface area contributed by atoms with Crippen molar-refractivity contribution in [1.82, 2.24) is 4.31 Å².